The lowest BCUT2D eigenvalue weighted by molar-refractivity contribution is 0.212. The van der Waals surface area contributed by atoms with Crippen molar-refractivity contribution in [2.45, 2.75) is 90.3 Å². The van der Waals surface area contributed by atoms with Gasteiger partial charge in [-0.3, -0.25) is 0 Å². The highest BCUT2D eigenvalue weighted by Gasteiger charge is 2.76. The van der Waals surface area contributed by atoms with Gasteiger partial charge in [0.05, 0.1) is 251 Å². The van der Waals surface area contributed by atoms with E-state index in [9.17, 15) is 0 Å². The van der Waals surface area contributed by atoms with Crippen molar-refractivity contribution in [2.24, 2.45) is 0 Å². The average molecular weight is 843 g/mol. The summed E-state index contributed by atoms with van der Waals surface area (Å²) in [6.07, 6.45) is 0. The summed E-state index contributed by atoms with van der Waals surface area (Å²) in [4.78, 5) is 0. The van der Waals surface area contributed by atoms with E-state index in [1.165, 1.54) is 27.8 Å². The lowest BCUT2D eigenvalue weighted by Crippen LogP contribution is -2.74. The molecule has 0 unspecified atom stereocenters. The minimum absolute atomic E-state index is 0.0240. The van der Waals surface area contributed by atoms with Gasteiger partial charge in [0.1, 0.15) is 0 Å². The topological polar surface area (TPSA) is 0 Å². The SMILES string of the molecule is BC(B)(B)C1(C(B)(B)B)c2ccc(-c3cc(C)cc(-c4ccc5c(c4)C(C(B)(B)B)(C(B)(B)B)C(B)(B)C(B)(B)C5(C(B)(B)B)C(B)(B)B)c3)cc2C(C(B)(B)B)(C(B)(B)B)C(B)(B)C1(B)B. The number of hydrogen-bond donors (Lipinski definition) is 0. The molecule has 0 fully saturated rings. The van der Waals surface area contributed by atoms with Crippen LogP contribution in [0, 0.1) is 6.92 Å². The third-order valence-electron chi connectivity index (χ3n) is 21.3. The predicted molar refractivity (Wildman–Crippen MR) is 394 cm³/mol. The second-order valence-electron chi connectivity index (χ2n) is 33.1. The average Bonchev–Trinajstić information content (AvgIpc) is 3.03. The number of rotatable bonds is 10. The smallest absolute Gasteiger partial charge is 0.0991 e. The molecular formula is C35H76B32. The van der Waals surface area contributed by atoms with Crippen LogP contribution in [-0.2, 0) is 21.7 Å². The van der Waals surface area contributed by atoms with Gasteiger partial charge < -0.3 is 0 Å². The number of aryl methyl sites for hydroxylation is 1. The van der Waals surface area contributed by atoms with E-state index in [-0.39, 0.29) is 83.4 Å². The molecule has 0 saturated carbocycles. The van der Waals surface area contributed by atoms with Crippen molar-refractivity contribution in [2.75, 3.05) is 0 Å². The molecule has 0 aromatic heterocycles. The molecule has 5 rings (SSSR count). The van der Waals surface area contributed by atoms with Gasteiger partial charge in [-0.1, -0.05) is 69.4 Å². The lowest BCUT2D eigenvalue weighted by Gasteiger charge is -2.81. The molecule has 3 aromatic rings. The molecule has 2 aliphatic carbocycles. The Morgan fingerprint density at radius 2 is 0.448 bits per heavy atom. The molecule has 67 heavy (non-hydrogen) atoms. The van der Waals surface area contributed by atoms with E-state index < -0.39 is 0 Å². The van der Waals surface area contributed by atoms with E-state index in [4.69, 9.17) is 0 Å². The zero-order valence-corrected chi connectivity index (χ0v) is 50.7. The Morgan fingerprint density at radius 1 is 0.254 bits per heavy atom. The quantitative estimate of drug-likeness (QED) is 0.178. The Labute approximate surface area is 443 Å². The normalized spacial score (nSPS) is 21.7. The Kier molecular flexibility index (Phi) is 13.7. The van der Waals surface area contributed by atoms with Crippen LogP contribution in [0.5, 0.6) is 0 Å². The van der Waals surface area contributed by atoms with Gasteiger partial charge in [-0.25, -0.2) is 0 Å². The fraction of sp³-hybridized carbons (Fsp3) is 0.486. The highest BCUT2D eigenvalue weighted by Crippen LogP contribution is 2.84. The van der Waals surface area contributed by atoms with Crippen molar-refractivity contribution in [3.8, 4) is 22.3 Å². The first-order chi connectivity index (χ1) is 29.3. The molecule has 0 nitrogen and oxygen atoms in total. The predicted octanol–water partition coefficient (Wildman–Crippen LogP) is -22.4. The Morgan fingerprint density at radius 3 is 0.642 bits per heavy atom. The summed E-state index contributed by atoms with van der Waals surface area (Å²) in [6.45, 7) is 2.32. The molecule has 3 aromatic carbocycles. The van der Waals surface area contributed by atoms with Crippen LogP contribution in [0.3, 0.4) is 0 Å². The van der Waals surface area contributed by atoms with Crippen molar-refractivity contribution in [1.29, 1.82) is 0 Å². The first-order valence-corrected chi connectivity index (χ1v) is 26.7. The summed E-state index contributed by atoms with van der Waals surface area (Å²) >= 11 is 0. The van der Waals surface area contributed by atoms with Gasteiger partial charge in [0, 0.05) is 0 Å². The van der Waals surface area contributed by atoms with Crippen molar-refractivity contribution in [3.05, 3.63) is 82.4 Å². The molecule has 0 bridgehead atoms. The molecule has 0 atom stereocenters. The van der Waals surface area contributed by atoms with Crippen molar-refractivity contribution in [3.63, 3.8) is 0 Å². The molecule has 0 spiro atoms. The van der Waals surface area contributed by atoms with E-state index in [1.54, 1.807) is 22.3 Å². The summed E-state index contributed by atoms with van der Waals surface area (Å²) in [5, 5.41) is -0.655. The minimum Gasteiger partial charge on any atom is -0.104 e. The molecule has 0 radical (unpaired) electrons. The van der Waals surface area contributed by atoms with E-state index in [0.717, 1.165) is 0 Å². The maximum absolute atomic E-state index is 2.70. The summed E-state index contributed by atoms with van der Waals surface area (Å²) < 4.78 is 0. The maximum Gasteiger partial charge on any atom is 0.0991 e. The van der Waals surface area contributed by atoms with Crippen LogP contribution >= 0.6 is 0 Å². The zero-order chi connectivity index (χ0) is 52.6. The van der Waals surface area contributed by atoms with Gasteiger partial charge in [0.2, 0.25) is 0 Å². The summed E-state index contributed by atoms with van der Waals surface area (Å²) in [6, 6.07) is 23.1. The Hall–Kier alpha value is -0.262. The molecule has 32 heteroatoms. The Balaban J connectivity index is 2.01. The molecule has 0 heterocycles. The standard InChI is InChI=1S/C35H76B32/c1-11-6-14(12-2-4-16-18(9-12)22(32(56,57)58,33(59,60)61)26(40,41)24(36,37)20(16,28(44,45)46)29(47,48)49)8-15(7-11)13-3-5-17-19(10-13)23(34(62,63)64,35(65,66)67)27(42,43)25(38,39)21(17,30(50,51)52)31(53,54)55/h2-10H,36-67H2,1H3. The van der Waals surface area contributed by atoms with Gasteiger partial charge >= 0.3 is 0 Å². The van der Waals surface area contributed by atoms with Gasteiger partial charge in [-0.05, 0) is 84.7 Å². The maximum atomic E-state index is 2.70. The first kappa shape index (κ1) is 57.6. The number of hydrogen-bond acceptors (Lipinski definition) is 0. The van der Waals surface area contributed by atoms with Crippen LogP contribution in [0.2, 0.25) is 61.8 Å². The second kappa shape index (κ2) is 15.9. The molecule has 0 amide bonds. The van der Waals surface area contributed by atoms with Crippen LogP contribution in [-0.4, -0.2) is 251 Å². The highest BCUT2D eigenvalue weighted by atomic mass is 14.7. The van der Waals surface area contributed by atoms with Gasteiger partial charge in [0.15, 0.2) is 0 Å². The first-order valence-electron chi connectivity index (χ1n) is 26.7. The molecule has 2 aliphatic rings. The minimum atomic E-state index is -0.177. The van der Waals surface area contributed by atoms with E-state index >= 15 is 0 Å². The van der Waals surface area contributed by atoms with Crippen molar-refractivity contribution >= 4 is 251 Å². The largest absolute Gasteiger partial charge is 0.104 e. The van der Waals surface area contributed by atoms with Gasteiger partial charge in [-0.2, -0.15) is 0 Å². The Bertz CT molecular complexity index is 2220. The van der Waals surface area contributed by atoms with Crippen molar-refractivity contribution in [1.82, 2.24) is 0 Å². The summed E-state index contributed by atoms with van der Waals surface area (Å²) in [7, 11) is 82.0. The summed E-state index contributed by atoms with van der Waals surface area (Å²) in [5.41, 5.74) is 12.2. The number of fused-ring (bicyclic) bond motifs is 2. The van der Waals surface area contributed by atoms with Gasteiger partial charge in [0.25, 0.3) is 0 Å². The molecular weight excluding hydrogens is 766 g/mol. The van der Waals surface area contributed by atoms with Crippen LogP contribution < -0.4 is 0 Å². The third-order valence-corrected chi connectivity index (χ3v) is 21.3. The van der Waals surface area contributed by atoms with Gasteiger partial charge in [-0.15, -0.1) is 40.9 Å². The van der Waals surface area contributed by atoms with E-state index in [2.05, 4.69) is 313 Å². The fourth-order valence-electron chi connectivity index (χ4n) is 22.3. The van der Waals surface area contributed by atoms with Crippen molar-refractivity contribution < 1.29 is 0 Å². The fourth-order valence-corrected chi connectivity index (χ4v) is 22.3. The molecule has 0 saturated heterocycles. The second-order valence-corrected chi connectivity index (χ2v) is 33.1. The van der Waals surface area contributed by atoms with E-state index in [1.807, 2.05) is 0 Å². The molecule has 312 valence electrons. The summed E-state index contributed by atoms with van der Waals surface area (Å²) in [5.74, 6) is 0. The zero-order valence-electron chi connectivity index (χ0n) is 50.7. The number of benzene rings is 3. The van der Waals surface area contributed by atoms with Crippen LogP contribution in [0.25, 0.3) is 22.3 Å². The van der Waals surface area contributed by atoms with Crippen LogP contribution in [0.4, 0.5) is 0 Å². The monoisotopic (exact) mass is 849 g/mol. The molecule has 0 aliphatic heterocycles. The third kappa shape index (κ3) is 6.97. The highest BCUT2D eigenvalue weighted by molar-refractivity contribution is 6.74. The van der Waals surface area contributed by atoms with Crippen LogP contribution in [0.1, 0.15) is 27.8 Å². The van der Waals surface area contributed by atoms with Crippen LogP contribution in [0.15, 0.2) is 54.6 Å². The lowest BCUT2D eigenvalue weighted by atomic mass is 8.99. The van der Waals surface area contributed by atoms with E-state index in [0.29, 0.717) is 0 Å². The molecule has 0 N–H and O–H groups in total.